The van der Waals surface area contributed by atoms with Crippen LogP contribution in [-0.4, -0.2) is 59.9 Å². The number of nitrogens with two attached hydrogens (primary N) is 1. The third kappa shape index (κ3) is 4.11. The number of nitrogens with one attached hydrogen (secondary N) is 2. The van der Waals surface area contributed by atoms with Gasteiger partial charge in [0.05, 0.1) is 17.8 Å². The van der Waals surface area contributed by atoms with Gasteiger partial charge in [-0.15, -0.1) is 0 Å². The molecule has 29 heavy (non-hydrogen) atoms. The zero-order valence-electron chi connectivity index (χ0n) is 16.1. The Balaban J connectivity index is 1.48. The molecule has 11 heteroatoms. The van der Waals surface area contributed by atoms with Gasteiger partial charge in [-0.2, -0.15) is 18.3 Å². The molecule has 4 rings (SSSR count). The summed E-state index contributed by atoms with van der Waals surface area (Å²) in [6.45, 7) is 2.10. The number of rotatable bonds is 5. The fourth-order valence-electron chi connectivity index (χ4n) is 3.88. The molecular weight excluding hydrogens is 390 g/mol. The minimum atomic E-state index is -4.57. The first-order chi connectivity index (χ1) is 13.7. The van der Waals surface area contributed by atoms with E-state index in [0.717, 1.165) is 13.1 Å². The van der Waals surface area contributed by atoms with Gasteiger partial charge in [0.2, 0.25) is 5.79 Å². The topological polar surface area (TPSA) is 83.5 Å². The highest BCUT2D eigenvalue weighted by Crippen LogP contribution is 2.34. The number of hydrogen-bond acceptors (Lipinski definition) is 6. The van der Waals surface area contributed by atoms with Gasteiger partial charge in [0, 0.05) is 39.1 Å². The molecule has 3 aliphatic rings. The van der Waals surface area contributed by atoms with Crippen molar-refractivity contribution in [2.24, 2.45) is 16.6 Å². The molecule has 7 nitrogen and oxygen atoms in total. The van der Waals surface area contributed by atoms with Crippen LogP contribution in [0.5, 0.6) is 0 Å². The molecule has 0 bridgehead atoms. The van der Waals surface area contributed by atoms with Crippen molar-refractivity contribution in [2.45, 2.75) is 43.4 Å². The van der Waals surface area contributed by atoms with E-state index in [-0.39, 0.29) is 5.82 Å². The number of halogens is 4. The zero-order valence-corrected chi connectivity index (χ0v) is 16.1. The van der Waals surface area contributed by atoms with E-state index in [1.165, 1.54) is 30.8 Å². The molecule has 1 aliphatic carbocycles. The number of hydrogen-bond donors (Lipinski definition) is 3. The SMILES string of the molecule is CNC1=C(C(F)(F)F)C=NC(N)(c2cnn([C@@H]3CCN(CC4CC4)C[C@H]3F)c2)N1. The molecule has 0 aromatic carbocycles. The molecule has 160 valence electrons. The maximum Gasteiger partial charge on any atom is 0.421 e. The molecule has 2 aliphatic heterocycles. The summed E-state index contributed by atoms with van der Waals surface area (Å²) in [6, 6.07) is -0.430. The maximum absolute atomic E-state index is 14.8. The largest absolute Gasteiger partial charge is 0.421 e. The van der Waals surface area contributed by atoms with Crippen LogP contribution in [0.3, 0.4) is 0 Å². The standard InChI is InChI=1S/C18H25F4N7/c1-24-16-13(17(20,21)22)7-25-18(23,27-16)12-6-26-29(9-12)15-4-5-28(10-14(15)19)8-11-2-3-11/h6-7,9,11,14-15,24,27H,2-5,8,10,23H2,1H3/t14-,15-,18?/m1/s1. The first-order valence-corrected chi connectivity index (χ1v) is 9.72. The molecule has 0 spiro atoms. The van der Waals surface area contributed by atoms with Gasteiger partial charge < -0.3 is 15.5 Å². The normalized spacial score (nSPS) is 31.1. The fraction of sp³-hybridized carbons (Fsp3) is 0.667. The van der Waals surface area contributed by atoms with Crippen LogP contribution in [-0.2, 0) is 5.79 Å². The number of alkyl halides is 4. The lowest BCUT2D eigenvalue weighted by molar-refractivity contribution is -0.0875. The third-order valence-corrected chi connectivity index (χ3v) is 5.72. The summed E-state index contributed by atoms with van der Waals surface area (Å²) >= 11 is 0. The second-order valence-corrected chi connectivity index (χ2v) is 7.97. The third-order valence-electron chi connectivity index (χ3n) is 5.72. The van der Waals surface area contributed by atoms with E-state index in [4.69, 9.17) is 5.73 Å². The van der Waals surface area contributed by atoms with Crippen molar-refractivity contribution in [1.82, 2.24) is 25.3 Å². The molecule has 4 N–H and O–H groups in total. The monoisotopic (exact) mass is 415 g/mol. The van der Waals surface area contributed by atoms with Crippen LogP contribution >= 0.6 is 0 Å². The smallest absolute Gasteiger partial charge is 0.374 e. The number of likely N-dealkylation sites (tertiary alicyclic amines) is 1. The number of piperidine rings is 1. The Hall–Kier alpha value is -2.14. The first-order valence-electron chi connectivity index (χ1n) is 9.72. The van der Waals surface area contributed by atoms with Crippen LogP contribution in [0.4, 0.5) is 17.6 Å². The Bertz CT molecular complexity index is 813. The molecule has 1 unspecified atom stereocenters. The second kappa shape index (κ2) is 7.28. The minimum Gasteiger partial charge on any atom is -0.374 e. The molecule has 0 amide bonds. The highest BCUT2D eigenvalue weighted by Gasteiger charge is 2.42. The molecule has 1 aromatic rings. The van der Waals surface area contributed by atoms with Crippen molar-refractivity contribution in [1.29, 1.82) is 0 Å². The summed E-state index contributed by atoms with van der Waals surface area (Å²) in [7, 11) is 1.36. The molecule has 1 saturated heterocycles. The van der Waals surface area contributed by atoms with E-state index >= 15 is 0 Å². The first kappa shape index (κ1) is 20.1. The van der Waals surface area contributed by atoms with Crippen LogP contribution in [0, 0.1) is 5.92 Å². The van der Waals surface area contributed by atoms with E-state index in [9.17, 15) is 17.6 Å². The van der Waals surface area contributed by atoms with Crippen LogP contribution in [0.1, 0.15) is 30.9 Å². The molecule has 1 saturated carbocycles. The number of aromatic nitrogens is 2. The zero-order chi connectivity index (χ0) is 20.8. The Morgan fingerprint density at radius 1 is 1.34 bits per heavy atom. The van der Waals surface area contributed by atoms with Crippen LogP contribution in [0.2, 0.25) is 0 Å². The fourth-order valence-corrected chi connectivity index (χ4v) is 3.88. The Morgan fingerprint density at radius 2 is 2.10 bits per heavy atom. The lowest BCUT2D eigenvalue weighted by Gasteiger charge is -2.35. The Labute approximate surface area is 166 Å². The van der Waals surface area contributed by atoms with E-state index < -0.39 is 29.7 Å². The average Bonchev–Trinajstić information content (AvgIpc) is 3.32. The highest BCUT2D eigenvalue weighted by molar-refractivity contribution is 5.82. The molecule has 3 heterocycles. The molecule has 1 aromatic heterocycles. The quantitative estimate of drug-likeness (QED) is 0.637. The number of nitrogens with zero attached hydrogens (tertiary/aromatic N) is 4. The summed E-state index contributed by atoms with van der Waals surface area (Å²) < 4.78 is 55.6. The van der Waals surface area contributed by atoms with Crippen LogP contribution < -0.4 is 16.4 Å². The summed E-state index contributed by atoms with van der Waals surface area (Å²) in [5, 5.41) is 9.29. The average molecular weight is 415 g/mol. The summed E-state index contributed by atoms with van der Waals surface area (Å²) in [5.41, 5.74) is 5.62. The van der Waals surface area contributed by atoms with E-state index in [2.05, 4.69) is 25.6 Å². The van der Waals surface area contributed by atoms with Gasteiger partial charge >= 0.3 is 6.18 Å². The second-order valence-electron chi connectivity index (χ2n) is 7.97. The molecular formula is C18H25F4N7. The van der Waals surface area contributed by atoms with Crippen molar-refractivity contribution in [2.75, 3.05) is 26.7 Å². The van der Waals surface area contributed by atoms with Crippen molar-refractivity contribution in [3.8, 4) is 0 Å². The van der Waals surface area contributed by atoms with Gasteiger partial charge in [0.1, 0.15) is 17.6 Å². The van der Waals surface area contributed by atoms with Gasteiger partial charge in [-0.3, -0.25) is 10.4 Å². The van der Waals surface area contributed by atoms with Crippen LogP contribution in [0.15, 0.2) is 28.8 Å². The van der Waals surface area contributed by atoms with Gasteiger partial charge in [-0.1, -0.05) is 0 Å². The lowest BCUT2D eigenvalue weighted by Crippen LogP contribution is -2.53. The molecule has 2 fully saturated rings. The van der Waals surface area contributed by atoms with Crippen molar-refractivity contribution < 1.29 is 17.6 Å². The summed E-state index contributed by atoms with van der Waals surface area (Å²) in [6.07, 6.45) is 1.10. The van der Waals surface area contributed by atoms with E-state index in [1.807, 2.05) is 0 Å². The van der Waals surface area contributed by atoms with Gasteiger partial charge in [-0.05, 0) is 25.2 Å². The maximum atomic E-state index is 14.8. The minimum absolute atomic E-state index is 0.278. The summed E-state index contributed by atoms with van der Waals surface area (Å²) in [5.74, 6) is -1.19. The van der Waals surface area contributed by atoms with Crippen LogP contribution in [0.25, 0.3) is 0 Å². The molecule has 0 radical (unpaired) electrons. The predicted octanol–water partition coefficient (Wildman–Crippen LogP) is 1.61. The van der Waals surface area contributed by atoms with E-state index in [0.29, 0.717) is 30.7 Å². The highest BCUT2D eigenvalue weighted by atomic mass is 19.4. The van der Waals surface area contributed by atoms with Gasteiger partial charge in [-0.25, -0.2) is 9.38 Å². The Morgan fingerprint density at radius 3 is 2.72 bits per heavy atom. The Kier molecular flexibility index (Phi) is 5.06. The number of allylic oxidation sites excluding steroid dienone is 1. The predicted molar refractivity (Wildman–Crippen MR) is 99.6 cm³/mol. The van der Waals surface area contributed by atoms with Gasteiger partial charge in [0.15, 0.2) is 0 Å². The van der Waals surface area contributed by atoms with Crippen molar-refractivity contribution in [3.05, 3.63) is 29.4 Å². The van der Waals surface area contributed by atoms with Crippen molar-refractivity contribution >= 4 is 6.21 Å². The summed E-state index contributed by atoms with van der Waals surface area (Å²) in [4.78, 5) is 6.03. The van der Waals surface area contributed by atoms with Gasteiger partial charge in [0.25, 0.3) is 0 Å². The van der Waals surface area contributed by atoms with E-state index in [1.54, 1.807) is 6.20 Å². The molecule has 3 atom stereocenters. The van der Waals surface area contributed by atoms with Crippen molar-refractivity contribution in [3.63, 3.8) is 0 Å². The number of aliphatic imine (C=N–C) groups is 1. The lowest BCUT2D eigenvalue weighted by atomic mass is 10.0.